The minimum Gasteiger partial charge on any atom is -0.309 e. The third-order valence-electron chi connectivity index (χ3n) is 10.9. The predicted octanol–water partition coefficient (Wildman–Crippen LogP) is 13.3. The molecule has 4 nitrogen and oxygen atoms in total. The molecule has 0 fully saturated rings. The summed E-state index contributed by atoms with van der Waals surface area (Å²) in [4.78, 5) is 10.7. The molecule has 56 heavy (non-hydrogen) atoms. The summed E-state index contributed by atoms with van der Waals surface area (Å²) in [7, 11) is 0. The van der Waals surface area contributed by atoms with Crippen molar-refractivity contribution >= 4 is 43.6 Å². The molecule has 0 saturated heterocycles. The van der Waals surface area contributed by atoms with Crippen LogP contribution in [0.2, 0.25) is 0 Å². The van der Waals surface area contributed by atoms with E-state index in [1.54, 1.807) is 0 Å². The standard InChI is InChI=1S/C52H34N4/c1-4-17-35(18-5-1)37-21-16-22-38(31-37)46-34-45(36-19-6-2-7-20-36)53-52(54-46)42-27-12-15-30-49(42)56-48-29-14-11-26-41(48)44-32-50-43(33-51(44)56)40-25-10-13-28-47(40)55(50)39-23-8-3-9-24-39/h1-34H. The lowest BCUT2D eigenvalue weighted by atomic mass is 10.0. The number of hydrogen-bond acceptors (Lipinski definition) is 2. The maximum atomic E-state index is 5.36. The van der Waals surface area contributed by atoms with Gasteiger partial charge in [-0.15, -0.1) is 0 Å². The zero-order chi connectivity index (χ0) is 37.0. The van der Waals surface area contributed by atoms with E-state index < -0.39 is 0 Å². The SMILES string of the molecule is c1ccc(-c2cccc(-c3cc(-c4ccccc4)nc(-c4ccccc4-n4c5ccccc5c5cc6c(cc54)c4ccccc4n6-c4ccccc4)n3)c2)cc1. The molecule has 0 N–H and O–H groups in total. The number of benzene rings is 8. The van der Waals surface area contributed by atoms with Gasteiger partial charge in [-0.05, 0) is 71.8 Å². The second-order valence-corrected chi connectivity index (χ2v) is 14.2. The van der Waals surface area contributed by atoms with Gasteiger partial charge in [0.1, 0.15) is 0 Å². The van der Waals surface area contributed by atoms with Gasteiger partial charge in [0.2, 0.25) is 0 Å². The molecule has 0 unspecified atom stereocenters. The molecular weight excluding hydrogens is 681 g/mol. The number of hydrogen-bond donors (Lipinski definition) is 0. The number of rotatable bonds is 6. The molecule has 0 aliphatic carbocycles. The maximum absolute atomic E-state index is 5.36. The summed E-state index contributed by atoms with van der Waals surface area (Å²) in [5.41, 5.74) is 13.9. The van der Waals surface area contributed by atoms with Crippen molar-refractivity contribution in [2.45, 2.75) is 0 Å². The topological polar surface area (TPSA) is 35.6 Å². The maximum Gasteiger partial charge on any atom is 0.162 e. The zero-order valence-electron chi connectivity index (χ0n) is 30.4. The highest BCUT2D eigenvalue weighted by molar-refractivity contribution is 6.19. The van der Waals surface area contributed by atoms with Crippen molar-refractivity contribution < 1.29 is 0 Å². The van der Waals surface area contributed by atoms with Gasteiger partial charge in [-0.3, -0.25) is 0 Å². The Kier molecular flexibility index (Phi) is 7.46. The van der Waals surface area contributed by atoms with E-state index in [0.29, 0.717) is 5.82 Å². The minimum absolute atomic E-state index is 0.676. The molecule has 11 rings (SSSR count). The summed E-state index contributed by atoms with van der Waals surface area (Å²) in [6.45, 7) is 0. The summed E-state index contributed by atoms with van der Waals surface area (Å²) in [6, 6.07) is 73.1. The molecule has 8 aromatic carbocycles. The number of aromatic nitrogens is 4. The molecule has 0 bridgehead atoms. The first-order chi connectivity index (χ1) is 27.8. The van der Waals surface area contributed by atoms with Gasteiger partial charge in [-0.1, -0.05) is 146 Å². The van der Waals surface area contributed by atoms with Crippen LogP contribution in [0.4, 0.5) is 0 Å². The highest BCUT2D eigenvalue weighted by atomic mass is 15.0. The van der Waals surface area contributed by atoms with E-state index in [2.05, 4.69) is 209 Å². The molecule has 0 atom stereocenters. The van der Waals surface area contributed by atoms with Crippen molar-refractivity contribution in [2.24, 2.45) is 0 Å². The van der Waals surface area contributed by atoms with Gasteiger partial charge in [0, 0.05) is 43.9 Å². The van der Waals surface area contributed by atoms with Crippen molar-refractivity contribution in [1.82, 2.24) is 19.1 Å². The van der Waals surface area contributed by atoms with Gasteiger partial charge >= 0.3 is 0 Å². The van der Waals surface area contributed by atoms with Crippen LogP contribution in [-0.2, 0) is 0 Å². The van der Waals surface area contributed by atoms with Crippen LogP contribution in [0.3, 0.4) is 0 Å². The Morgan fingerprint density at radius 1 is 0.304 bits per heavy atom. The average Bonchev–Trinajstić information content (AvgIpc) is 3.78. The van der Waals surface area contributed by atoms with Gasteiger partial charge in [-0.2, -0.15) is 0 Å². The molecule has 4 heteroatoms. The van der Waals surface area contributed by atoms with Gasteiger partial charge in [0.05, 0.1) is 39.1 Å². The predicted molar refractivity (Wildman–Crippen MR) is 232 cm³/mol. The largest absolute Gasteiger partial charge is 0.309 e. The third kappa shape index (κ3) is 5.23. The van der Waals surface area contributed by atoms with Gasteiger partial charge in [0.25, 0.3) is 0 Å². The Bertz CT molecular complexity index is 3230. The van der Waals surface area contributed by atoms with Crippen molar-refractivity contribution in [1.29, 1.82) is 0 Å². The molecular formula is C52H34N4. The molecule has 0 saturated carbocycles. The highest BCUT2D eigenvalue weighted by Crippen LogP contribution is 2.41. The van der Waals surface area contributed by atoms with Crippen molar-refractivity contribution in [2.75, 3.05) is 0 Å². The molecule has 3 heterocycles. The van der Waals surface area contributed by atoms with Crippen molar-refractivity contribution in [3.63, 3.8) is 0 Å². The minimum atomic E-state index is 0.676. The summed E-state index contributed by atoms with van der Waals surface area (Å²) < 4.78 is 4.80. The van der Waals surface area contributed by atoms with Crippen molar-refractivity contribution in [3.05, 3.63) is 206 Å². The Labute approximate surface area is 324 Å². The lowest BCUT2D eigenvalue weighted by Crippen LogP contribution is -2.01. The molecule has 262 valence electrons. The third-order valence-corrected chi connectivity index (χ3v) is 10.9. The Morgan fingerprint density at radius 2 is 0.804 bits per heavy atom. The lowest BCUT2D eigenvalue weighted by molar-refractivity contribution is 1.14. The van der Waals surface area contributed by atoms with E-state index in [1.807, 2.05) is 6.07 Å². The lowest BCUT2D eigenvalue weighted by Gasteiger charge is -2.15. The monoisotopic (exact) mass is 714 g/mol. The summed E-state index contributed by atoms with van der Waals surface area (Å²) in [6.07, 6.45) is 0. The van der Waals surface area contributed by atoms with Crippen LogP contribution < -0.4 is 0 Å². The number of nitrogens with zero attached hydrogens (tertiary/aromatic N) is 4. The van der Waals surface area contributed by atoms with E-state index in [0.717, 1.165) is 56.0 Å². The number of para-hydroxylation sites is 4. The van der Waals surface area contributed by atoms with E-state index in [-0.39, 0.29) is 0 Å². The van der Waals surface area contributed by atoms with Crippen LogP contribution in [0.1, 0.15) is 0 Å². The average molecular weight is 715 g/mol. The van der Waals surface area contributed by atoms with Gasteiger partial charge in [0.15, 0.2) is 5.82 Å². The zero-order valence-corrected chi connectivity index (χ0v) is 30.4. The summed E-state index contributed by atoms with van der Waals surface area (Å²) in [5.74, 6) is 0.676. The first kappa shape index (κ1) is 31.9. The first-order valence-corrected chi connectivity index (χ1v) is 19.0. The van der Waals surface area contributed by atoms with Crippen molar-refractivity contribution in [3.8, 4) is 56.4 Å². The fourth-order valence-electron chi connectivity index (χ4n) is 8.36. The Hall–Kier alpha value is -7.56. The molecule has 0 aliphatic heterocycles. The van der Waals surface area contributed by atoms with Crippen LogP contribution in [-0.4, -0.2) is 19.1 Å². The molecule has 3 aromatic heterocycles. The van der Waals surface area contributed by atoms with Crippen LogP contribution in [0, 0.1) is 0 Å². The van der Waals surface area contributed by atoms with Gasteiger partial charge in [-0.25, -0.2) is 9.97 Å². The molecule has 0 radical (unpaired) electrons. The fourth-order valence-corrected chi connectivity index (χ4v) is 8.36. The fraction of sp³-hybridized carbons (Fsp3) is 0. The Morgan fingerprint density at radius 3 is 1.50 bits per heavy atom. The van der Waals surface area contributed by atoms with Crippen LogP contribution in [0.5, 0.6) is 0 Å². The van der Waals surface area contributed by atoms with E-state index >= 15 is 0 Å². The Balaban J connectivity index is 1.17. The van der Waals surface area contributed by atoms with Gasteiger partial charge < -0.3 is 9.13 Å². The normalized spacial score (nSPS) is 11.6. The summed E-state index contributed by atoms with van der Waals surface area (Å²) in [5, 5.41) is 4.82. The van der Waals surface area contributed by atoms with Crippen LogP contribution >= 0.6 is 0 Å². The first-order valence-electron chi connectivity index (χ1n) is 19.0. The highest BCUT2D eigenvalue weighted by Gasteiger charge is 2.21. The van der Waals surface area contributed by atoms with E-state index in [9.17, 15) is 0 Å². The molecule has 0 amide bonds. The quantitative estimate of drug-likeness (QED) is 0.172. The molecule has 11 aromatic rings. The number of fused-ring (bicyclic) bond motifs is 6. The molecule has 0 aliphatic rings. The summed E-state index contributed by atoms with van der Waals surface area (Å²) >= 11 is 0. The van der Waals surface area contributed by atoms with E-state index in [4.69, 9.17) is 9.97 Å². The van der Waals surface area contributed by atoms with Crippen LogP contribution in [0.25, 0.3) is 100 Å². The second-order valence-electron chi connectivity index (χ2n) is 14.2. The van der Waals surface area contributed by atoms with E-state index in [1.165, 1.54) is 38.1 Å². The second kappa shape index (κ2) is 13.1. The molecule has 0 spiro atoms. The van der Waals surface area contributed by atoms with Crippen LogP contribution in [0.15, 0.2) is 206 Å². The smallest absolute Gasteiger partial charge is 0.162 e.